The number of rotatable bonds is 3. The van der Waals surface area contributed by atoms with E-state index in [4.69, 9.17) is 0 Å². The van der Waals surface area contributed by atoms with Gasteiger partial charge in [-0.1, -0.05) is 0 Å². The normalized spacial score (nSPS) is 10.3. The predicted octanol–water partition coefficient (Wildman–Crippen LogP) is 0.262. The Balaban J connectivity index is 2.68. The lowest BCUT2D eigenvalue weighted by molar-refractivity contribution is 0.259. The van der Waals surface area contributed by atoms with Crippen LogP contribution < -0.4 is 5.48 Å². The van der Waals surface area contributed by atoms with Crippen molar-refractivity contribution >= 4 is 12.2 Å². The zero-order valence-electron chi connectivity index (χ0n) is 4.76. The van der Waals surface area contributed by atoms with Crippen LogP contribution in [0.25, 0.3) is 0 Å². The molecule has 0 atom stereocenters. The minimum atomic E-state index is 1.25. The molecule has 7 heavy (non-hydrogen) atoms. The van der Waals surface area contributed by atoms with Crippen LogP contribution in [0.3, 0.4) is 0 Å². The van der Waals surface area contributed by atoms with Crippen molar-refractivity contribution in [1.82, 2.24) is 9.79 Å². The van der Waals surface area contributed by atoms with Crippen molar-refractivity contribution in [2.45, 2.75) is 0 Å². The fourth-order valence-corrected chi connectivity index (χ4v) is 0.335. The van der Waals surface area contributed by atoms with Gasteiger partial charge in [-0.15, -0.1) is 0 Å². The summed E-state index contributed by atoms with van der Waals surface area (Å²) in [5.74, 6) is 0. The quantitative estimate of drug-likeness (QED) is 0.330. The molecule has 0 aromatic rings. The molecule has 0 amide bonds. The highest BCUT2D eigenvalue weighted by Gasteiger charge is 1.84. The summed E-state index contributed by atoms with van der Waals surface area (Å²) in [5, 5.41) is 0. The largest absolute Gasteiger partial charge is 0.231 e. The monoisotopic (exact) mass is 122 g/mol. The number of nitrogens with one attached hydrogen (secondary N) is 1. The van der Waals surface area contributed by atoms with E-state index in [0.717, 1.165) is 0 Å². The molecule has 0 heterocycles. The Hall–Kier alpha value is 0.230. The summed E-state index contributed by atoms with van der Waals surface area (Å²) in [7, 11) is 5.53. The van der Waals surface area contributed by atoms with Crippen LogP contribution in [0.4, 0.5) is 0 Å². The van der Waals surface area contributed by atoms with Gasteiger partial charge in [-0.2, -0.15) is 5.48 Å². The van der Waals surface area contributed by atoms with Crippen LogP contribution in [0.2, 0.25) is 0 Å². The summed E-state index contributed by atoms with van der Waals surface area (Å²) >= 11 is 1.25. The summed E-state index contributed by atoms with van der Waals surface area (Å²) in [6.45, 7) is 0. The van der Waals surface area contributed by atoms with Gasteiger partial charge in [-0.25, -0.2) is 8.59 Å². The molecule has 0 aromatic carbocycles. The van der Waals surface area contributed by atoms with Crippen molar-refractivity contribution in [3.05, 3.63) is 0 Å². The van der Waals surface area contributed by atoms with E-state index in [9.17, 15) is 0 Å². The molecule has 1 N–H and O–H groups in total. The zero-order chi connectivity index (χ0) is 5.70. The first-order chi connectivity index (χ1) is 3.27. The molecule has 44 valence electrons. The molecule has 0 saturated carbocycles. The first-order valence-electron chi connectivity index (χ1n) is 1.95. The highest BCUT2D eigenvalue weighted by molar-refractivity contribution is 7.92. The second-order valence-corrected chi connectivity index (χ2v) is 2.22. The average Bonchev–Trinajstić information content (AvgIpc) is 1.61. The maximum atomic E-state index is 4.69. The molecule has 0 aromatic heterocycles. The van der Waals surface area contributed by atoms with Crippen LogP contribution in [0.15, 0.2) is 0 Å². The number of nitrogens with zero attached hydrogens (tertiary/aromatic N) is 1. The number of hydroxylamine groups is 1. The van der Waals surface area contributed by atoms with E-state index >= 15 is 0 Å². The summed E-state index contributed by atoms with van der Waals surface area (Å²) in [6, 6.07) is 0. The van der Waals surface area contributed by atoms with Crippen LogP contribution in [-0.4, -0.2) is 25.4 Å². The smallest absolute Gasteiger partial charge is 0.104 e. The number of hydrogen-bond donors (Lipinski definition) is 1. The van der Waals surface area contributed by atoms with Gasteiger partial charge in [0.1, 0.15) is 12.2 Å². The van der Waals surface area contributed by atoms with E-state index < -0.39 is 0 Å². The third kappa shape index (κ3) is 6.23. The molecule has 0 spiro atoms. The Morgan fingerprint density at radius 2 is 2.14 bits per heavy atom. The van der Waals surface area contributed by atoms with Crippen LogP contribution in [0.1, 0.15) is 0 Å². The third-order valence-corrected chi connectivity index (χ3v) is 0.809. The maximum Gasteiger partial charge on any atom is 0.104 e. The lowest BCUT2D eigenvalue weighted by Crippen LogP contribution is -2.07. The molecule has 0 aliphatic heterocycles. The molecule has 0 unspecified atom stereocenters. The molecule has 0 bridgehead atoms. The van der Waals surface area contributed by atoms with Gasteiger partial charge in [0.25, 0.3) is 0 Å². The molecule has 0 saturated heterocycles. The minimum absolute atomic E-state index is 1.25. The Labute approximate surface area is 48.3 Å². The van der Waals surface area contributed by atoms with Gasteiger partial charge in [-0.05, 0) is 14.1 Å². The van der Waals surface area contributed by atoms with Crippen LogP contribution in [0, 0.1) is 0 Å². The van der Waals surface area contributed by atoms with Gasteiger partial charge >= 0.3 is 0 Å². The minimum Gasteiger partial charge on any atom is -0.231 e. The predicted molar refractivity (Wildman–Crippen MR) is 31.4 cm³/mol. The van der Waals surface area contributed by atoms with E-state index in [1.165, 1.54) is 12.2 Å². The molecule has 0 aliphatic rings. The third-order valence-electron chi connectivity index (χ3n) is 0.270. The van der Waals surface area contributed by atoms with Gasteiger partial charge in [0.15, 0.2) is 0 Å². The second-order valence-electron chi connectivity index (χ2n) is 1.17. The van der Waals surface area contributed by atoms with Gasteiger partial charge in [-0.3, -0.25) is 0 Å². The first-order valence-corrected chi connectivity index (χ1v) is 2.65. The Morgan fingerprint density at radius 3 is 2.29 bits per heavy atom. The molecular formula is C3H10N2OS. The average molecular weight is 122 g/mol. The fraction of sp³-hybridized carbons (Fsp3) is 1.00. The van der Waals surface area contributed by atoms with Crippen LogP contribution in [-0.2, 0) is 4.28 Å². The van der Waals surface area contributed by atoms with E-state index in [1.807, 2.05) is 18.4 Å². The van der Waals surface area contributed by atoms with E-state index in [-0.39, 0.29) is 0 Å². The zero-order valence-corrected chi connectivity index (χ0v) is 5.58. The van der Waals surface area contributed by atoms with E-state index in [2.05, 4.69) is 9.76 Å². The topological polar surface area (TPSA) is 24.5 Å². The van der Waals surface area contributed by atoms with Gasteiger partial charge in [0.05, 0.1) is 0 Å². The van der Waals surface area contributed by atoms with Gasteiger partial charge < -0.3 is 0 Å². The molecule has 3 nitrogen and oxygen atoms in total. The summed E-state index contributed by atoms with van der Waals surface area (Å²) in [6.07, 6.45) is 0. The number of hydrogen-bond acceptors (Lipinski definition) is 4. The standard InChI is InChI=1S/C3H10N2OS/c1-4-6-7-5(2)3/h4H,1-3H3. The highest BCUT2D eigenvalue weighted by Crippen LogP contribution is 1.99. The summed E-state index contributed by atoms with van der Waals surface area (Å²) in [4.78, 5) is 0. The molecule has 4 heteroatoms. The van der Waals surface area contributed by atoms with Crippen molar-refractivity contribution in [3.63, 3.8) is 0 Å². The van der Waals surface area contributed by atoms with Crippen molar-refractivity contribution in [2.24, 2.45) is 0 Å². The summed E-state index contributed by atoms with van der Waals surface area (Å²) in [5.41, 5.74) is 2.52. The Kier molecular flexibility index (Phi) is 4.53. The Morgan fingerprint density at radius 1 is 1.57 bits per heavy atom. The van der Waals surface area contributed by atoms with Crippen molar-refractivity contribution in [2.75, 3.05) is 21.1 Å². The summed E-state index contributed by atoms with van der Waals surface area (Å²) < 4.78 is 6.53. The second kappa shape index (κ2) is 4.39. The van der Waals surface area contributed by atoms with E-state index in [1.54, 1.807) is 7.05 Å². The van der Waals surface area contributed by atoms with Crippen molar-refractivity contribution < 1.29 is 4.28 Å². The molecule has 0 radical (unpaired) electrons. The van der Waals surface area contributed by atoms with Crippen molar-refractivity contribution in [1.29, 1.82) is 0 Å². The lowest BCUT2D eigenvalue weighted by atomic mass is 11.3. The maximum absolute atomic E-state index is 4.69. The molecule has 0 aliphatic carbocycles. The molecule has 0 rings (SSSR count). The fourth-order valence-electron chi connectivity index (χ4n) is 0.112. The SMILES string of the molecule is CNOSN(C)C. The van der Waals surface area contributed by atoms with Gasteiger partial charge in [0.2, 0.25) is 0 Å². The highest BCUT2D eigenvalue weighted by atomic mass is 32.2. The van der Waals surface area contributed by atoms with Gasteiger partial charge in [0, 0.05) is 7.05 Å². The van der Waals surface area contributed by atoms with E-state index in [0.29, 0.717) is 0 Å². The first kappa shape index (κ1) is 7.23. The molecule has 0 fully saturated rings. The Bertz CT molecular complexity index is 41.9. The lowest BCUT2D eigenvalue weighted by Gasteiger charge is -2.03. The van der Waals surface area contributed by atoms with Crippen LogP contribution in [0.5, 0.6) is 0 Å². The van der Waals surface area contributed by atoms with Crippen molar-refractivity contribution in [3.8, 4) is 0 Å². The molecular weight excluding hydrogens is 112 g/mol. The van der Waals surface area contributed by atoms with Crippen LogP contribution >= 0.6 is 12.2 Å².